The van der Waals surface area contributed by atoms with Gasteiger partial charge in [0.15, 0.2) is 0 Å². The molecule has 3 nitrogen and oxygen atoms in total. The van der Waals surface area contributed by atoms with Gasteiger partial charge in [-0.1, -0.05) is 17.7 Å². The average molecular weight is 399 g/mol. The number of hydrogen-bond donors (Lipinski definition) is 1. The SMILES string of the molecule is C[C@@H]1CN([C@@H](CNCc2cc(F)ccc2F)c2c(F)cccc2Cl)CCO1. The van der Waals surface area contributed by atoms with Gasteiger partial charge < -0.3 is 10.1 Å². The predicted octanol–water partition coefficient (Wildman–Crippen LogP) is 4.31. The summed E-state index contributed by atoms with van der Waals surface area (Å²) in [5.41, 5.74) is 0.629. The van der Waals surface area contributed by atoms with Crippen LogP contribution in [0.4, 0.5) is 13.2 Å². The Kier molecular flexibility index (Phi) is 6.76. The highest BCUT2D eigenvalue weighted by atomic mass is 35.5. The zero-order valence-electron chi connectivity index (χ0n) is 15.0. The van der Waals surface area contributed by atoms with Crippen LogP contribution in [0, 0.1) is 17.5 Å². The first kappa shape index (κ1) is 20.1. The fourth-order valence-corrected chi connectivity index (χ4v) is 3.68. The van der Waals surface area contributed by atoms with E-state index in [1.807, 2.05) is 6.92 Å². The summed E-state index contributed by atoms with van der Waals surface area (Å²) in [7, 11) is 0. The molecular formula is C20H22ClF3N2O. The van der Waals surface area contributed by atoms with Crippen LogP contribution in [-0.2, 0) is 11.3 Å². The normalized spacial score (nSPS) is 19.2. The molecule has 0 aliphatic carbocycles. The van der Waals surface area contributed by atoms with Gasteiger partial charge in [0, 0.05) is 42.3 Å². The summed E-state index contributed by atoms with van der Waals surface area (Å²) in [6.07, 6.45) is 0.0208. The maximum Gasteiger partial charge on any atom is 0.129 e. The molecule has 1 N–H and O–H groups in total. The van der Waals surface area contributed by atoms with E-state index < -0.39 is 11.6 Å². The summed E-state index contributed by atoms with van der Waals surface area (Å²) in [6.45, 7) is 4.24. The summed E-state index contributed by atoms with van der Waals surface area (Å²) in [4.78, 5) is 2.10. The zero-order valence-corrected chi connectivity index (χ0v) is 15.8. The second kappa shape index (κ2) is 9.06. The number of ether oxygens (including phenoxy) is 1. The molecule has 7 heteroatoms. The van der Waals surface area contributed by atoms with Crippen LogP contribution in [0.15, 0.2) is 36.4 Å². The van der Waals surface area contributed by atoms with Crippen molar-refractivity contribution < 1.29 is 17.9 Å². The highest BCUT2D eigenvalue weighted by Crippen LogP contribution is 2.31. The fraction of sp³-hybridized carbons (Fsp3) is 0.400. The number of halogens is 4. The van der Waals surface area contributed by atoms with Crippen LogP contribution in [0.5, 0.6) is 0 Å². The van der Waals surface area contributed by atoms with Crippen molar-refractivity contribution in [3.05, 3.63) is 70.0 Å². The molecule has 2 aromatic carbocycles. The third-order valence-electron chi connectivity index (χ3n) is 4.71. The van der Waals surface area contributed by atoms with Gasteiger partial charge in [0.1, 0.15) is 17.5 Å². The minimum Gasteiger partial charge on any atom is -0.376 e. The lowest BCUT2D eigenvalue weighted by Crippen LogP contribution is -2.46. The molecule has 1 saturated heterocycles. The molecule has 2 aromatic rings. The molecule has 0 radical (unpaired) electrons. The summed E-state index contributed by atoms with van der Waals surface area (Å²) >= 11 is 6.29. The lowest BCUT2D eigenvalue weighted by atomic mass is 10.0. The first-order chi connectivity index (χ1) is 13.0. The van der Waals surface area contributed by atoms with Crippen molar-refractivity contribution in [1.82, 2.24) is 10.2 Å². The zero-order chi connectivity index (χ0) is 19.4. The van der Waals surface area contributed by atoms with E-state index in [4.69, 9.17) is 16.3 Å². The molecule has 0 unspecified atom stereocenters. The van der Waals surface area contributed by atoms with Crippen LogP contribution < -0.4 is 5.32 Å². The van der Waals surface area contributed by atoms with E-state index in [1.54, 1.807) is 12.1 Å². The van der Waals surface area contributed by atoms with Crippen molar-refractivity contribution in [3.8, 4) is 0 Å². The van der Waals surface area contributed by atoms with Gasteiger partial charge in [0.05, 0.1) is 18.8 Å². The molecule has 27 heavy (non-hydrogen) atoms. The number of rotatable bonds is 6. The van der Waals surface area contributed by atoms with Crippen LogP contribution in [0.1, 0.15) is 24.1 Å². The van der Waals surface area contributed by atoms with Crippen molar-refractivity contribution in [2.45, 2.75) is 25.6 Å². The monoisotopic (exact) mass is 398 g/mol. The number of nitrogens with one attached hydrogen (secondary N) is 1. The van der Waals surface area contributed by atoms with E-state index in [9.17, 15) is 13.2 Å². The lowest BCUT2D eigenvalue weighted by molar-refractivity contribution is -0.0349. The Balaban J connectivity index is 1.78. The van der Waals surface area contributed by atoms with E-state index in [1.165, 1.54) is 6.07 Å². The Morgan fingerprint density at radius 1 is 1.22 bits per heavy atom. The molecule has 0 bridgehead atoms. The quantitative estimate of drug-likeness (QED) is 0.784. The molecule has 1 heterocycles. The molecule has 1 fully saturated rings. The van der Waals surface area contributed by atoms with Crippen molar-refractivity contribution in [2.75, 3.05) is 26.2 Å². The summed E-state index contributed by atoms with van der Waals surface area (Å²) < 4.78 is 47.3. The van der Waals surface area contributed by atoms with E-state index in [0.29, 0.717) is 36.8 Å². The average Bonchev–Trinajstić information content (AvgIpc) is 2.63. The van der Waals surface area contributed by atoms with Crippen LogP contribution >= 0.6 is 11.6 Å². The van der Waals surface area contributed by atoms with Crippen LogP contribution in [0.25, 0.3) is 0 Å². The number of morpholine rings is 1. The topological polar surface area (TPSA) is 24.5 Å². The first-order valence-corrected chi connectivity index (χ1v) is 9.27. The van der Waals surface area contributed by atoms with E-state index in [-0.39, 0.29) is 30.1 Å². The highest BCUT2D eigenvalue weighted by molar-refractivity contribution is 6.31. The van der Waals surface area contributed by atoms with Crippen LogP contribution in [-0.4, -0.2) is 37.2 Å². The fourth-order valence-electron chi connectivity index (χ4n) is 3.39. The molecule has 2 atom stereocenters. The molecule has 0 amide bonds. The van der Waals surface area contributed by atoms with Gasteiger partial charge in [0.25, 0.3) is 0 Å². The third-order valence-corrected chi connectivity index (χ3v) is 5.04. The summed E-state index contributed by atoms with van der Waals surface area (Å²) in [5.74, 6) is -1.36. The Hall–Kier alpha value is -1.60. The third kappa shape index (κ3) is 5.02. The smallest absolute Gasteiger partial charge is 0.129 e. The largest absolute Gasteiger partial charge is 0.376 e. The highest BCUT2D eigenvalue weighted by Gasteiger charge is 2.29. The Bertz CT molecular complexity index is 770. The number of benzene rings is 2. The van der Waals surface area contributed by atoms with Gasteiger partial charge in [-0.15, -0.1) is 0 Å². The first-order valence-electron chi connectivity index (χ1n) is 8.90. The number of nitrogens with zero attached hydrogens (tertiary/aromatic N) is 1. The van der Waals surface area contributed by atoms with E-state index in [0.717, 1.165) is 18.2 Å². The molecule has 1 aliphatic rings. The van der Waals surface area contributed by atoms with E-state index in [2.05, 4.69) is 10.2 Å². The second-order valence-electron chi connectivity index (χ2n) is 6.69. The van der Waals surface area contributed by atoms with Crippen LogP contribution in [0.3, 0.4) is 0 Å². The van der Waals surface area contributed by atoms with Gasteiger partial charge in [0.2, 0.25) is 0 Å². The maximum absolute atomic E-state index is 14.5. The standard InChI is InChI=1S/C20H22ClF3N2O/c1-13-12-26(7-8-27-13)19(20-16(21)3-2-4-18(20)24)11-25-10-14-9-15(22)5-6-17(14)23/h2-6,9,13,19,25H,7-8,10-12H2,1H3/t13-,19+/m1/s1. The summed E-state index contributed by atoms with van der Waals surface area (Å²) in [5, 5.41) is 3.47. The number of hydrogen-bond acceptors (Lipinski definition) is 3. The van der Waals surface area contributed by atoms with Gasteiger partial charge in [-0.2, -0.15) is 0 Å². The minimum absolute atomic E-state index is 0.0208. The Morgan fingerprint density at radius 2 is 2.04 bits per heavy atom. The van der Waals surface area contributed by atoms with Crippen molar-refractivity contribution in [2.24, 2.45) is 0 Å². The molecule has 146 valence electrons. The Morgan fingerprint density at radius 3 is 2.78 bits per heavy atom. The minimum atomic E-state index is -0.496. The second-order valence-corrected chi connectivity index (χ2v) is 7.10. The van der Waals surface area contributed by atoms with E-state index >= 15 is 0 Å². The maximum atomic E-state index is 14.5. The molecule has 0 aromatic heterocycles. The van der Waals surface area contributed by atoms with Crippen molar-refractivity contribution in [1.29, 1.82) is 0 Å². The molecule has 0 spiro atoms. The van der Waals surface area contributed by atoms with Crippen LogP contribution in [0.2, 0.25) is 5.02 Å². The van der Waals surface area contributed by atoms with Gasteiger partial charge in [-0.25, -0.2) is 13.2 Å². The van der Waals surface area contributed by atoms with Gasteiger partial charge >= 0.3 is 0 Å². The lowest BCUT2D eigenvalue weighted by Gasteiger charge is -2.38. The molecular weight excluding hydrogens is 377 g/mol. The van der Waals surface area contributed by atoms with Crippen molar-refractivity contribution >= 4 is 11.6 Å². The van der Waals surface area contributed by atoms with Gasteiger partial charge in [-0.3, -0.25) is 4.90 Å². The Labute approximate surface area is 162 Å². The van der Waals surface area contributed by atoms with Gasteiger partial charge in [-0.05, 0) is 37.3 Å². The van der Waals surface area contributed by atoms with Crippen molar-refractivity contribution in [3.63, 3.8) is 0 Å². The molecule has 3 rings (SSSR count). The molecule has 1 aliphatic heterocycles. The molecule has 0 saturated carbocycles. The predicted molar refractivity (Wildman–Crippen MR) is 99.2 cm³/mol. The summed E-state index contributed by atoms with van der Waals surface area (Å²) in [6, 6.07) is 7.59.